The molecule has 3 aromatic rings. The lowest BCUT2D eigenvalue weighted by molar-refractivity contribution is 0.101. The topological polar surface area (TPSA) is 84.0 Å². The molecule has 0 aliphatic rings. The van der Waals surface area contributed by atoms with Crippen LogP contribution in [-0.4, -0.2) is 21.7 Å². The Balaban J connectivity index is 1.80. The first-order valence-corrected chi connectivity index (χ1v) is 8.32. The summed E-state index contributed by atoms with van der Waals surface area (Å²) in [5.41, 5.74) is 1.57. The van der Waals surface area contributed by atoms with Gasteiger partial charge in [0.2, 0.25) is 5.95 Å². The lowest BCUT2D eigenvalue weighted by Crippen LogP contribution is -2.16. The van der Waals surface area contributed by atoms with E-state index < -0.39 is 17.5 Å². The summed E-state index contributed by atoms with van der Waals surface area (Å²) in [5, 5.41) is 5.31. The number of ketones is 1. The molecule has 2 aromatic carbocycles. The number of nitrogens with zero attached hydrogens (tertiary/aromatic N) is 2. The van der Waals surface area contributed by atoms with Crippen molar-refractivity contribution in [3.8, 4) is 0 Å². The Kier molecular flexibility index (Phi) is 5.39. The Morgan fingerprint density at radius 1 is 0.964 bits per heavy atom. The monoisotopic (exact) mass is 382 g/mol. The third-order valence-corrected chi connectivity index (χ3v) is 3.81. The molecule has 28 heavy (non-hydrogen) atoms. The number of nitrogens with one attached hydrogen (secondary N) is 2. The lowest BCUT2D eigenvalue weighted by atomic mass is 10.1. The molecule has 1 aromatic heterocycles. The van der Waals surface area contributed by atoms with Gasteiger partial charge in [-0.1, -0.05) is 0 Å². The predicted molar refractivity (Wildman–Crippen MR) is 101 cm³/mol. The highest BCUT2D eigenvalue weighted by Gasteiger charge is 2.14. The quantitative estimate of drug-likeness (QED) is 0.644. The molecule has 8 heteroatoms. The van der Waals surface area contributed by atoms with E-state index in [1.54, 1.807) is 31.2 Å². The number of benzene rings is 2. The molecule has 2 N–H and O–H groups in total. The van der Waals surface area contributed by atoms with E-state index in [9.17, 15) is 18.4 Å². The van der Waals surface area contributed by atoms with Gasteiger partial charge in [-0.3, -0.25) is 9.59 Å². The number of halogens is 2. The van der Waals surface area contributed by atoms with Crippen molar-refractivity contribution in [2.24, 2.45) is 0 Å². The maximum Gasteiger partial charge on any atom is 0.274 e. The summed E-state index contributed by atoms with van der Waals surface area (Å²) in [6.45, 7) is 3.15. The van der Waals surface area contributed by atoms with E-state index in [0.29, 0.717) is 23.0 Å². The molecule has 1 heterocycles. The van der Waals surface area contributed by atoms with E-state index in [-0.39, 0.29) is 23.1 Å². The lowest BCUT2D eigenvalue weighted by Gasteiger charge is -2.10. The first kappa shape index (κ1) is 19.1. The fraction of sp³-hybridized carbons (Fsp3) is 0.100. The number of aryl methyl sites for hydroxylation is 1. The molecule has 0 saturated carbocycles. The van der Waals surface area contributed by atoms with Gasteiger partial charge in [0.15, 0.2) is 5.78 Å². The van der Waals surface area contributed by atoms with E-state index in [0.717, 1.165) is 12.1 Å². The highest BCUT2D eigenvalue weighted by atomic mass is 19.1. The first-order valence-electron chi connectivity index (χ1n) is 8.32. The van der Waals surface area contributed by atoms with Gasteiger partial charge in [-0.05, 0) is 56.3 Å². The molecule has 0 saturated heterocycles. The van der Waals surface area contributed by atoms with Gasteiger partial charge in [-0.2, -0.15) is 0 Å². The van der Waals surface area contributed by atoms with E-state index >= 15 is 0 Å². The third kappa shape index (κ3) is 4.53. The maximum absolute atomic E-state index is 13.7. The second-order valence-corrected chi connectivity index (χ2v) is 6.06. The smallest absolute Gasteiger partial charge is 0.274 e. The van der Waals surface area contributed by atoms with Crippen molar-refractivity contribution in [1.82, 2.24) is 9.97 Å². The number of aromatic nitrogens is 2. The van der Waals surface area contributed by atoms with Crippen LogP contribution < -0.4 is 10.6 Å². The third-order valence-electron chi connectivity index (χ3n) is 3.81. The molecule has 0 aliphatic heterocycles. The second kappa shape index (κ2) is 7.91. The van der Waals surface area contributed by atoms with Crippen LogP contribution in [-0.2, 0) is 0 Å². The molecule has 3 rings (SSSR count). The Morgan fingerprint density at radius 2 is 1.68 bits per heavy atom. The van der Waals surface area contributed by atoms with E-state index in [4.69, 9.17) is 0 Å². The molecule has 0 bridgehead atoms. The predicted octanol–water partition coefficient (Wildman–Crippen LogP) is 4.26. The number of carbonyl (C=O) groups is 2. The van der Waals surface area contributed by atoms with Crippen LogP contribution >= 0.6 is 0 Å². The number of carbonyl (C=O) groups excluding carboxylic acids is 2. The summed E-state index contributed by atoms with van der Waals surface area (Å²) in [6, 6.07) is 11.0. The van der Waals surface area contributed by atoms with E-state index in [1.165, 1.54) is 13.0 Å². The van der Waals surface area contributed by atoms with Gasteiger partial charge >= 0.3 is 0 Å². The molecule has 1 amide bonds. The summed E-state index contributed by atoms with van der Waals surface area (Å²) >= 11 is 0. The van der Waals surface area contributed by atoms with E-state index in [1.807, 2.05) is 0 Å². The van der Waals surface area contributed by atoms with Crippen LogP contribution in [0.25, 0.3) is 0 Å². The summed E-state index contributed by atoms with van der Waals surface area (Å²) in [4.78, 5) is 32.1. The number of amides is 1. The van der Waals surface area contributed by atoms with Crippen molar-refractivity contribution in [2.75, 3.05) is 10.6 Å². The zero-order chi connectivity index (χ0) is 20.3. The minimum absolute atomic E-state index is 0.0130. The van der Waals surface area contributed by atoms with E-state index in [2.05, 4.69) is 20.6 Å². The van der Waals surface area contributed by atoms with Gasteiger partial charge in [0.05, 0.1) is 5.69 Å². The van der Waals surface area contributed by atoms with Crippen LogP contribution in [0.5, 0.6) is 0 Å². The molecule has 0 unspecified atom stereocenters. The van der Waals surface area contributed by atoms with Crippen molar-refractivity contribution < 1.29 is 18.4 Å². The largest absolute Gasteiger partial charge is 0.324 e. The SMILES string of the molecule is CC(=O)c1ccc(Nc2nc(C)cc(C(=O)Nc3ccc(F)cc3F)n2)cc1. The average molecular weight is 382 g/mol. The molecular formula is C20H16F2N4O2. The van der Waals surface area contributed by atoms with Crippen LogP contribution in [0.1, 0.15) is 33.5 Å². The van der Waals surface area contributed by atoms with Crippen LogP contribution in [0.4, 0.5) is 26.1 Å². The first-order chi connectivity index (χ1) is 13.3. The molecule has 0 spiro atoms. The normalized spacial score (nSPS) is 10.4. The second-order valence-electron chi connectivity index (χ2n) is 6.06. The zero-order valence-corrected chi connectivity index (χ0v) is 15.1. The van der Waals surface area contributed by atoms with Crippen LogP contribution in [0.3, 0.4) is 0 Å². The van der Waals surface area contributed by atoms with Crippen molar-refractivity contribution in [1.29, 1.82) is 0 Å². The minimum atomic E-state index is -0.886. The summed E-state index contributed by atoms with van der Waals surface area (Å²) in [6.07, 6.45) is 0. The molecule has 0 atom stereocenters. The van der Waals surface area contributed by atoms with Gasteiger partial charge in [0.25, 0.3) is 5.91 Å². The number of hydrogen-bond donors (Lipinski definition) is 2. The van der Waals surface area contributed by atoms with Crippen molar-refractivity contribution in [2.45, 2.75) is 13.8 Å². The van der Waals surface area contributed by atoms with Crippen molar-refractivity contribution in [3.63, 3.8) is 0 Å². The van der Waals surface area contributed by atoms with Crippen LogP contribution in [0.15, 0.2) is 48.5 Å². The Bertz CT molecular complexity index is 1050. The number of anilines is 3. The Morgan fingerprint density at radius 3 is 2.32 bits per heavy atom. The highest BCUT2D eigenvalue weighted by molar-refractivity contribution is 6.03. The minimum Gasteiger partial charge on any atom is -0.324 e. The number of rotatable bonds is 5. The fourth-order valence-electron chi connectivity index (χ4n) is 2.44. The number of Topliss-reactive ketones (excluding diaryl/α,β-unsaturated/α-hetero) is 1. The summed E-state index contributed by atoms with van der Waals surface area (Å²) in [7, 11) is 0. The number of hydrogen-bond acceptors (Lipinski definition) is 5. The summed E-state index contributed by atoms with van der Waals surface area (Å²) < 4.78 is 26.7. The Labute approximate surface area is 159 Å². The fourth-order valence-corrected chi connectivity index (χ4v) is 2.44. The van der Waals surface area contributed by atoms with Crippen LogP contribution in [0, 0.1) is 18.6 Å². The molecule has 0 fully saturated rings. The highest BCUT2D eigenvalue weighted by Crippen LogP contribution is 2.18. The van der Waals surface area contributed by atoms with Gasteiger partial charge in [0, 0.05) is 23.0 Å². The zero-order valence-electron chi connectivity index (χ0n) is 15.1. The summed E-state index contributed by atoms with van der Waals surface area (Å²) in [5.74, 6) is -2.17. The Hall–Kier alpha value is -3.68. The van der Waals surface area contributed by atoms with Crippen molar-refractivity contribution >= 4 is 29.0 Å². The molecule has 6 nitrogen and oxygen atoms in total. The maximum atomic E-state index is 13.7. The van der Waals surface area contributed by atoms with Crippen molar-refractivity contribution in [3.05, 3.63) is 77.1 Å². The molecule has 142 valence electrons. The average Bonchev–Trinajstić information content (AvgIpc) is 2.64. The molecule has 0 aliphatic carbocycles. The molecular weight excluding hydrogens is 366 g/mol. The molecule has 0 radical (unpaired) electrons. The van der Waals surface area contributed by atoms with Gasteiger partial charge < -0.3 is 10.6 Å². The van der Waals surface area contributed by atoms with Gasteiger partial charge in [-0.25, -0.2) is 18.7 Å². The van der Waals surface area contributed by atoms with Gasteiger partial charge in [0.1, 0.15) is 17.3 Å². The van der Waals surface area contributed by atoms with Gasteiger partial charge in [-0.15, -0.1) is 0 Å². The van der Waals surface area contributed by atoms with Crippen LogP contribution in [0.2, 0.25) is 0 Å². The standard InChI is InChI=1S/C20H16F2N4O2/c1-11-9-18(19(28)25-17-8-5-14(21)10-16(17)22)26-20(23-11)24-15-6-3-13(4-7-15)12(2)27/h3-10H,1-2H3,(H,25,28)(H,23,24,26).